The maximum atomic E-state index is 5.42. The SMILES string of the molecule is CN=C(NCc1cccc(CN2CCOCC2)c1)NCC(C)(C)OC.I. The predicted octanol–water partition coefficient (Wildman–Crippen LogP) is 2.23. The lowest BCUT2D eigenvalue weighted by Crippen LogP contribution is -2.45. The van der Waals surface area contributed by atoms with Gasteiger partial charge in [0.1, 0.15) is 0 Å². The number of nitrogens with zero attached hydrogens (tertiary/aromatic N) is 2. The highest BCUT2D eigenvalue weighted by Gasteiger charge is 2.16. The molecule has 6 nitrogen and oxygen atoms in total. The van der Waals surface area contributed by atoms with Crippen LogP contribution in [0.2, 0.25) is 0 Å². The fourth-order valence-corrected chi connectivity index (χ4v) is 2.63. The molecule has 0 radical (unpaired) electrons. The lowest BCUT2D eigenvalue weighted by atomic mass is 10.1. The lowest BCUT2D eigenvalue weighted by Gasteiger charge is -2.26. The molecule has 26 heavy (non-hydrogen) atoms. The van der Waals surface area contributed by atoms with Gasteiger partial charge in [-0.1, -0.05) is 24.3 Å². The van der Waals surface area contributed by atoms with Gasteiger partial charge in [0.05, 0.1) is 18.8 Å². The summed E-state index contributed by atoms with van der Waals surface area (Å²) in [5, 5.41) is 6.67. The molecule has 0 atom stereocenters. The minimum absolute atomic E-state index is 0. The summed E-state index contributed by atoms with van der Waals surface area (Å²) in [6, 6.07) is 8.71. The van der Waals surface area contributed by atoms with Gasteiger partial charge >= 0.3 is 0 Å². The van der Waals surface area contributed by atoms with Gasteiger partial charge < -0.3 is 20.1 Å². The third-order valence-corrected chi connectivity index (χ3v) is 4.42. The Hall–Kier alpha value is -0.900. The largest absolute Gasteiger partial charge is 0.379 e. The van der Waals surface area contributed by atoms with E-state index in [0.717, 1.165) is 45.4 Å². The maximum Gasteiger partial charge on any atom is 0.191 e. The minimum Gasteiger partial charge on any atom is -0.379 e. The van der Waals surface area contributed by atoms with Gasteiger partial charge in [-0.15, -0.1) is 24.0 Å². The summed E-state index contributed by atoms with van der Waals surface area (Å²) < 4.78 is 10.8. The van der Waals surface area contributed by atoms with Crippen LogP contribution in [-0.2, 0) is 22.6 Å². The van der Waals surface area contributed by atoms with Gasteiger partial charge in [0.25, 0.3) is 0 Å². The van der Waals surface area contributed by atoms with Crippen LogP contribution in [0.3, 0.4) is 0 Å². The molecule has 1 fully saturated rings. The quantitative estimate of drug-likeness (QED) is 0.359. The number of nitrogens with one attached hydrogen (secondary N) is 2. The molecule has 0 spiro atoms. The summed E-state index contributed by atoms with van der Waals surface area (Å²) in [6.07, 6.45) is 0. The third-order valence-electron chi connectivity index (χ3n) is 4.42. The van der Waals surface area contributed by atoms with E-state index in [-0.39, 0.29) is 29.6 Å². The number of rotatable bonds is 7. The molecule has 1 heterocycles. The first kappa shape index (κ1) is 23.1. The second-order valence-corrected chi connectivity index (χ2v) is 6.95. The standard InChI is InChI=1S/C19H32N4O2.HI/c1-19(2,24-4)15-22-18(20-3)21-13-16-6-5-7-17(12-16)14-23-8-10-25-11-9-23;/h5-7,12H,8-11,13-15H2,1-4H3,(H2,20,21,22);1H. The molecule has 0 saturated carbocycles. The van der Waals surface area contributed by atoms with Crippen molar-refractivity contribution in [3.8, 4) is 0 Å². The first-order valence-corrected chi connectivity index (χ1v) is 8.90. The van der Waals surface area contributed by atoms with Crippen molar-refractivity contribution in [2.24, 2.45) is 4.99 Å². The van der Waals surface area contributed by atoms with Crippen molar-refractivity contribution in [1.29, 1.82) is 0 Å². The Morgan fingerprint density at radius 2 is 1.92 bits per heavy atom. The first-order valence-electron chi connectivity index (χ1n) is 8.90. The Morgan fingerprint density at radius 1 is 1.23 bits per heavy atom. The van der Waals surface area contributed by atoms with E-state index >= 15 is 0 Å². The summed E-state index contributed by atoms with van der Waals surface area (Å²) in [4.78, 5) is 6.71. The summed E-state index contributed by atoms with van der Waals surface area (Å²) in [5.41, 5.74) is 2.36. The van der Waals surface area contributed by atoms with Gasteiger partial charge in [0, 0.05) is 46.9 Å². The number of guanidine groups is 1. The van der Waals surface area contributed by atoms with Gasteiger partial charge in [0.15, 0.2) is 5.96 Å². The van der Waals surface area contributed by atoms with E-state index in [0.29, 0.717) is 6.54 Å². The Balaban J connectivity index is 0.00000338. The summed E-state index contributed by atoms with van der Waals surface area (Å²) in [6.45, 7) is 10.2. The molecule has 1 aliphatic heterocycles. The molecule has 1 aromatic rings. The maximum absolute atomic E-state index is 5.42. The molecule has 0 unspecified atom stereocenters. The number of benzene rings is 1. The Labute approximate surface area is 174 Å². The molecule has 1 aliphatic rings. The molecule has 1 aromatic carbocycles. The van der Waals surface area contributed by atoms with Crippen LogP contribution in [0.5, 0.6) is 0 Å². The number of hydrogen-bond donors (Lipinski definition) is 2. The van der Waals surface area contributed by atoms with Gasteiger partial charge in [-0.3, -0.25) is 9.89 Å². The molecule has 0 aromatic heterocycles. The summed E-state index contributed by atoms with van der Waals surface area (Å²) in [7, 11) is 3.50. The number of methoxy groups -OCH3 is 1. The predicted molar refractivity (Wildman–Crippen MR) is 117 cm³/mol. The molecule has 0 amide bonds. The molecule has 7 heteroatoms. The highest BCUT2D eigenvalue weighted by Crippen LogP contribution is 2.10. The molecule has 148 valence electrons. The van der Waals surface area contributed by atoms with Crippen LogP contribution in [0.4, 0.5) is 0 Å². The van der Waals surface area contributed by atoms with E-state index in [1.54, 1.807) is 14.2 Å². The first-order chi connectivity index (χ1) is 12.0. The second kappa shape index (κ2) is 11.7. The van der Waals surface area contributed by atoms with Crippen LogP contribution < -0.4 is 10.6 Å². The summed E-state index contributed by atoms with van der Waals surface area (Å²) >= 11 is 0. The van der Waals surface area contributed by atoms with E-state index in [4.69, 9.17) is 9.47 Å². The fourth-order valence-electron chi connectivity index (χ4n) is 2.63. The van der Waals surface area contributed by atoms with Crippen LogP contribution in [-0.4, -0.2) is 63.5 Å². The number of hydrogen-bond acceptors (Lipinski definition) is 4. The molecule has 2 rings (SSSR count). The van der Waals surface area contributed by atoms with Crippen LogP contribution in [0.25, 0.3) is 0 Å². The zero-order chi connectivity index (χ0) is 18.1. The van der Waals surface area contributed by atoms with E-state index in [9.17, 15) is 0 Å². The number of morpholine rings is 1. The van der Waals surface area contributed by atoms with Crippen molar-refractivity contribution >= 4 is 29.9 Å². The minimum atomic E-state index is -0.226. The zero-order valence-electron chi connectivity index (χ0n) is 16.4. The second-order valence-electron chi connectivity index (χ2n) is 6.95. The van der Waals surface area contributed by atoms with Gasteiger partial charge in [-0.2, -0.15) is 0 Å². The molecule has 0 aliphatic carbocycles. The number of ether oxygens (including phenoxy) is 2. The van der Waals surface area contributed by atoms with Crippen LogP contribution in [0.15, 0.2) is 29.3 Å². The van der Waals surface area contributed by atoms with Gasteiger partial charge in [0.2, 0.25) is 0 Å². The average molecular weight is 476 g/mol. The van der Waals surface area contributed by atoms with E-state index in [1.807, 2.05) is 13.8 Å². The summed E-state index contributed by atoms with van der Waals surface area (Å²) in [5.74, 6) is 0.781. The number of halogens is 1. The van der Waals surface area contributed by atoms with Crippen LogP contribution in [0.1, 0.15) is 25.0 Å². The Morgan fingerprint density at radius 3 is 2.58 bits per heavy atom. The highest BCUT2D eigenvalue weighted by atomic mass is 127. The van der Waals surface area contributed by atoms with E-state index < -0.39 is 0 Å². The normalized spacial score (nSPS) is 16.1. The van der Waals surface area contributed by atoms with Crippen LogP contribution >= 0.6 is 24.0 Å². The Kier molecular flexibility index (Phi) is 10.4. The number of aliphatic imine (C=N–C) groups is 1. The highest BCUT2D eigenvalue weighted by molar-refractivity contribution is 14.0. The Bertz CT molecular complexity index is 560. The zero-order valence-corrected chi connectivity index (χ0v) is 18.7. The average Bonchev–Trinajstić information content (AvgIpc) is 2.63. The van der Waals surface area contributed by atoms with Crippen molar-refractivity contribution in [3.05, 3.63) is 35.4 Å². The molecular formula is C19H33IN4O2. The van der Waals surface area contributed by atoms with Crippen molar-refractivity contribution < 1.29 is 9.47 Å². The lowest BCUT2D eigenvalue weighted by molar-refractivity contribution is 0.0268. The monoisotopic (exact) mass is 476 g/mol. The molecular weight excluding hydrogens is 443 g/mol. The van der Waals surface area contributed by atoms with E-state index in [2.05, 4.69) is 44.8 Å². The molecule has 1 saturated heterocycles. The van der Waals surface area contributed by atoms with Crippen molar-refractivity contribution in [3.63, 3.8) is 0 Å². The van der Waals surface area contributed by atoms with Crippen molar-refractivity contribution in [1.82, 2.24) is 15.5 Å². The van der Waals surface area contributed by atoms with E-state index in [1.165, 1.54) is 11.1 Å². The van der Waals surface area contributed by atoms with Crippen molar-refractivity contribution in [2.75, 3.05) is 47.0 Å². The smallest absolute Gasteiger partial charge is 0.191 e. The molecule has 0 bridgehead atoms. The molecule has 2 N–H and O–H groups in total. The van der Waals surface area contributed by atoms with Crippen LogP contribution in [0, 0.1) is 0 Å². The topological polar surface area (TPSA) is 58.1 Å². The van der Waals surface area contributed by atoms with Crippen molar-refractivity contribution in [2.45, 2.75) is 32.5 Å². The van der Waals surface area contributed by atoms with Gasteiger partial charge in [-0.25, -0.2) is 0 Å². The van der Waals surface area contributed by atoms with Gasteiger partial charge in [-0.05, 0) is 25.0 Å². The fraction of sp³-hybridized carbons (Fsp3) is 0.632. The third kappa shape index (κ3) is 8.20.